The molecule has 0 aliphatic rings. The Kier molecular flexibility index (Phi) is 7.79. The highest BCUT2D eigenvalue weighted by atomic mass is 16.1. The number of likely N-dealkylation sites (N-methyl/N-ethyl adjacent to an activating group) is 1. The summed E-state index contributed by atoms with van der Waals surface area (Å²) in [6.45, 7) is 6.50. The highest BCUT2D eigenvalue weighted by molar-refractivity contribution is 6.08. The number of hydrogen-bond acceptors (Lipinski definition) is 4. The average Bonchev–Trinajstić information content (AvgIpc) is 3.29. The number of nitrogens with zero attached hydrogens (tertiary/aromatic N) is 2. The first-order valence-corrected chi connectivity index (χ1v) is 12.3. The topological polar surface area (TPSA) is 132 Å². The van der Waals surface area contributed by atoms with Crippen LogP contribution in [0.2, 0.25) is 0 Å². The molecule has 6 N–H and O–H groups in total. The Morgan fingerprint density at radius 1 is 1.08 bits per heavy atom. The fraction of sp³-hybridized carbons (Fsp3) is 0.241. The number of hydrogen-bond donors (Lipinski definition) is 5. The van der Waals surface area contributed by atoms with Gasteiger partial charge in [0.2, 0.25) is 0 Å². The zero-order valence-electron chi connectivity index (χ0n) is 21.6. The number of nitrogens with one attached hydrogen (secondary N) is 4. The third-order valence-electron chi connectivity index (χ3n) is 6.37. The highest BCUT2D eigenvalue weighted by Gasteiger charge is 2.17. The molecule has 0 radical (unpaired) electrons. The minimum Gasteiger partial charge on any atom is -0.386 e. The van der Waals surface area contributed by atoms with Gasteiger partial charge in [-0.1, -0.05) is 30.3 Å². The summed E-state index contributed by atoms with van der Waals surface area (Å²) in [5.41, 5.74) is 12.9. The normalized spacial score (nSPS) is 12.5. The van der Waals surface area contributed by atoms with Crippen LogP contribution in [-0.4, -0.2) is 47.4 Å². The van der Waals surface area contributed by atoms with E-state index in [1.807, 2.05) is 62.4 Å². The quantitative estimate of drug-likeness (QED) is 0.186. The predicted octanol–water partition coefficient (Wildman–Crippen LogP) is 4.11. The number of carbonyl (C=O) groups excluding carboxylic acids is 1. The van der Waals surface area contributed by atoms with Crippen LogP contribution >= 0.6 is 0 Å². The number of amides is 1. The van der Waals surface area contributed by atoms with E-state index in [0.717, 1.165) is 34.1 Å². The molecule has 1 amide bonds. The summed E-state index contributed by atoms with van der Waals surface area (Å²) < 4.78 is 0. The molecular weight excluding hydrogens is 462 g/mol. The van der Waals surface area contributed by atoms with Crippen LogP contribution in [0.25, 0.3) is 22.2 Å². The molecule has 8 nitrogen and oxygen atoms in total. The first kappa shape index (κ1) is 25.8. The number of aryl methyl sites for hydroxylation is 2. The molecule has 1 unspecified atom stereocenters. The van der Waals surface area contributed by atoms with Crippen LogP contribution in [0.1, 0.15) is 39.5 Å². The summed E-state index contributed by atoms with van der Waals surface area (Å²) in [6.07, 6.45) is 0.761. The van der Waals surface area contributed by atoms with Gasteiger partial charge in [0.15, 0.2) is 5.84 Å². The van der Waals surface area contributed by atoms with E-state index < -0.39 is 0 Å². The van der Waals surface area contributed by atoms with Gasteiger partial charge >= 0.3 is 0 Å². The largest absolute Gasteiger partial charge is 0.386 e. The molecule has 0 saturated heterocycles. The van der Waals surface area contributed by atoms with Crippen molar-refractivity contribution in [2.75, 3.05) is 13.6 Å². The second-order valence-corrected chi connectivity index (χ2v) is 9.35. The van der Waals surface area contributed by atoms with E-state index in [9.17, 15) is 4.79 Å². The third kappa shape index (κ3) is 5.92. The van der Waals surface area contributed by atoms with Gasteiger partial charge in [0.25, 0.3) is 5.91 Å². The first-order chi connectivity index (χ1) is 17.8. The number of amidine groups is 2. The van der Waals surface area contributed by atoms with Crippen LogP contribution in [0, 0.1) is 19.3 Å². The molecule has 0 fully saturated rings. The van der Waals surface area contributed by atoms with Crippen molar-refractivity contribution in [2.45, 2.75) is 33.2 Å². The van der Waals surface area contributed by atoms with Gasteiger partial charge in [0.05, 0.1) is 12.1 Å². The van der Waals surface area contributed by atoms with Crippen LogP contribution in [-0.2, 0) is 6.42 Å². The van der Waals surface area contributed by atoms with E-state index in [4.69, 9.17) is 11.1 Å². The molecule has 190 valence electrons. The molecular formula is C29H33N7O. The van der Waals surface area contributed by atoms with Crippen LogP contribution < -0.4 is 16.4 Å². The summed E-state index contributed by atoms with van der Waals surface area (Å²) in [6, 6.07) is 19.4. The molecule has 0 aliphatic heterocycles. The number of rotatable bonds is 8. The molecule has 0 saturated carbocycles. The smallest absolute Gasteiger partial charge is 0.251 e. The summed E-state index contributed by atoms with van der Waals surface area (Å²) in [5.74, 6) is 0.291. The fourth-order valence-electron chi connectivity index (χ4n) is 4.34. The molecule has 8 heteroatoms. The lowest BCUT2D eigenvalue weighted by atomic mass is 9.98. The Morgan fingerprint density at radius 3 is 2.59 bits per heavy atom. The molecule has 1 aromatic heterocycles. The van der Waals surface area contributed by atoms with Gasteiger partial charge in [-0.2, -0.15) is 5.10 Å². The Balaban J connectivity index is 1.60. The molecule has 0 bridgehead atoms. The number of benzene rings is 3. The van der Waals surface area contributed by atoms with Crippen molar-refractivity contribution < 1.29 is 4.79 Å². The number of carbonyl (C=O) groups is 1. The second kappa shape index (κ2) is 11.2. The Hall–Kier alpha value is -4.30. The maximum atomic E-state index is 13.1. The van der Waals surface area contributed by atoms with Crippen LogP contribution in [0.15, 0.2) is 65.7 Å². The zero-order chi connectivity index (χ0) is 26.5. The minimum atomic E-state index is -0.126. The molecule has 0 aliphatic carbocycles. The number of nitrogens with two attached hydrogens (primary N) is 1. The highest BCUT2D eigenvalue weighted by Crippen LogP contribution is 2.30. The van der Waals surface area contributed by atoms with Crippen molar-refractivity contribution in [3.8, 4) is 11.3 Å². The number of fused-ring (bicyclic) bond motifs is 1. The van der Waals surface area contributed by atoms with E-state index in [1.54, 1.807) is 7.05 Å². The minimum absolute atomic E-state index is 0.0194. The third-order valence-corrected chi connectivity index (χ3v) is 6.37. The van der Waals surface area contributed by atoms with E-state index in [2.05, 4.69) is 44.9 Å². The Labute approximate surface area is 216 Å². The van der Waals surface area contributed by atoms with Crippen LogP contribution in [0.4, 0.5) is 0 Å². The number of aliphatic imine (C=N–C) groups is 1. The summed E-state index contributed by atoms with van der Waals surface area (Å²) in [5, 5.41) is 22.9. The molecule has 0 spiro atoms. The molecule has 1 atom stereocenters. The van der Waals surface area contributed by atoms with E-state index >= 15 is 0 Å². The molecule has 37 heavy (non-hydrogen) atoms. The maximum Gasteiger partial charge on any atom is 0.251 e. The Bertz CT molecular complexity index is 1480. The van der Waals surface area contributed by atoms with Gasteiger partial charge in [-0.3, -0.25) is 15.3 Å². The predicted molar refractivity (Wildman–Crippen MR) is 150 cm³/mol. The first-order valence-electron chi connectivity index (χ1n) is 12.3. The monoisotopic (exact) mass is 495 g/mol. The number of aromatic nitrogens is 2. The van der Waals surface area contributed by atoms with Crippen molar-refractivity contribution in [1.29, 1.82) is 5.41 Å². The van der Waals surface area contributed by atoms with Gasteiger partial charge in [-0.05, 0) is 81.3 Å². The van der Waals surface area contributed by atoms with E-state index in [1.165, 1.54) is 11.1 Å². The van der Waals surface area contributed by atoms with Crippen molar-refractivity contribution in [3.05, 3.63) is 88.5 Å². The summed E-state index contributed by atoms with van der Waals surface area (Å²) in [7, 11) is 1.78. The number of aromatic amines is 1. The zero-order valence-corrected chi connectivity index (χ0v) is 21.6. The molecule has 4 aromatic rings. The average molecular weight is 496 g/mol. The van der Waals surface area contributed by atoms with Gasteiger partial charge in [-0.15, -0.1) is 0 Å². The second-order valence-electron chi connectivity index (χ2n) is 9.35. The van der Waals surface area contributed by atoms with Crippen molar-refractivity contribution >= 4 is 28.5 Å². The lowest BCUT2D eigenvalue weighted by molar-refractivity contribution is 0.0940. The lowest BCUT2D eigenvalue weighted by Gasteiger charge is -2.16. The van der Waals surface area contributed by atoms with Gasteiger partial charge in [0, 0.05) is 28.1 Å². The van der Waals surface area contributed by atoms with Gasteiger partial charge < -0.3 is 16.4 Å². The van der Waals surface area contributed by atoms with Crippen LogP contribution in [0.5, 0.6) is 0 Å². The lowest BCUT2D eigenvalue weighted by Crippen LogP contribution is -2.34. The van der Waals surface area contributed by atoms with Crippen molar-refractivity contribution in [2.24, 2.45) is 10.7 Å². The standard InChI is InChI=1S/C29H33N7O/c1-17-7-5-6-8-20(17)13-19(3)33-29(37)22-10-9-18(2)23(15-22)27-24-14-21(11-12-25(24)35-36-27)28(31)34-26(30)16-32-4/h5-12,14-15,19,32H,13,16H2,1-4H3,(H,33,37)(H,35,36)(H3,30,31,34). The summed E-state index contributed by atoms with van der Waals surface area (Å²) >= 11 is 0. The van der Waals surface area contributed by atoms with Crippen molar-refractivity contribution in [1.82, 2.24) is 20.8 Å². The fourth-order valence-corrected chi connectivity index (χ4v) is 4.34. The number of H-pyrrole nitrogens is 1. The van der Waals surface area contributed by atoms with Crippen LogP contribution in [0.3, 0.4) is 0 Å². The van der Waals surface area contributed by atoms with Crippen molar-refractivity contribution in [3.63, 3.8) is 0 Å². The van der Waals surface area contributed by atoms with Gasteiger partial charge in [0.1, 0.15) is 11.5 Å². The summed E-state index contributed by atoms with van der Waals surface area (Å²) in [4.78, 5) is 17.3. The van der Waals surface area contributed by atoms with Gasteiger partial charge in [-0.25, -0.2) is 4.99 Å². The molecule has 4 rings (SSSR count). The molecule has 1 heterocycles. The SMILES string of the molecule is CNCC(N)=NC(=N)c1ccc2[nH]nc(-c3cc(C(=O)NC(C)Cc4ccccc4C)ccc3C)c2c1. The van der Waals surface area contributed by atoms with E-state index in [-0.39, 0.29) is 17.8 Å². The maximum absolute atomic E-state index is 13.1. The molecule has 3 aromatic carbocycles. The van der Waals surface area contributed by atoms with E-state index in [0.29, 0.717) is 23.5 Å². The Morgan fingerprint density at radius 2 is 1.84 bits per heavy atom.